The second-order valence-corrected chi connectivity index (χ2v) is 4.75. The lowest BCUT2D eigenvalue weighted by molar-refractivity contribution is -0.174. The predicted octanol–water partition coefficient (Wildman–Crippen LogP) is 3.04. The van der Waals surface area contributed by atoms with Crippen LogP contribution in [0.3, 0.4) is 0 Å². The molecule has 1 aromatic carbocycles. The van der Waals surface area contributed by atoms with Gasteiger partial charge in [-0.1, -0.05) is 15.9 Å². The Morgan fingerprint density at radius 2 is 2.00 bits per heavy atom. The lowest BCUT2D eigenvalue weighted by atomic mass is 10.1. The monoisotopic (exact) mass is 329 g/mol. The third-order valence-electron chi connectivity index (χ3n) is 2.09. The topological polar surface area (TPSA) is 35.2 Å². The number of ether oxygens (including phenoxy) is 1. The first kappa shape index (κ1) is 15.4. The summed E-state index contributed by atoms with van der Waals surface area (Å²) in [5.41, 5.74) is 5.92. The first-order chi connectivity index (χ1) is 8.28. The molecule has 0 heterocycles. The Bertz CT molecular complexity index is 397. The Balaban J connectivity index is 2.44. The molecule has 18 heavy (non-hydrogen) atoms. The summed E-state index contributed by atoms with van der Waals surface area (Å²) < 4.78 is 53.9. The van der Waals surface area contributed by atoms with Gasteiger partial charge in [0.2, 0.25) is 0 Å². The molecule has 102 valence electrons. The largest absolute Gasteiger partial charge is 0.411 e. The van der Waals surface area contributed by atoms with E-state index in [1.807, 2.05) is 0 Å². The highest BCUT2D eigenvalue weighted by Crippen LogP contribution is 2.17. The summed E-state index contributed by atoms with van der Waals surface area (Å²) in [6.45, 7) is -1.62. The van der Waals surface area contributed by atoms with Crippen LogP contribution in [0.15, 0.2) is 22.7 Å². The van der Waals surface area contributed by atoms with Crippen molar-refractivity contribution in [2.75, 3.05) is 13.2 Å². The standard InChI is InChI=1S/C11H12BrF4NO/c12-8-1-2-10(13)7(3-8)4-9(17)5-18-6-11(14,15)16/h1-3,9H,4-6,17H2. The molecule has 0 aliphatic rings. The molecule has 7 heteroatoms. The van der Waals surface area contributed by atoms with Gasteiger partial charge in [-0.3, -0.25) is 0 Å². The van der Waals surface area contributed by atoms with Gasteiger partial charge in [-0.15, -0.1) is 0 Å². The lowest BCUT2D eigenvalue weighted by Gasteiger charge is -2.14. The van der Waals surface area contributed by atoms with Crippen molar-refractivity contribution in [3.63, 3.8) is 0 Å². The SMILES string of the molecule is NC(COCC(F)(F)F)Cc1cc(Br)ccc1F. The zero-order chi connectivity index (χ0) is 13.8. The second-order valence-electron chi connectivity index (χ2n) is 3.83. The summed E-state index contributed by atoms with van der Waals surface area (Å²) in [4.78, 5) is 0. The molecule has 0 saturated carbocycles. The van der Waals surface area contributed by atoms with Crippen LogP contribution >= 0.6 is 15.9 Å². The smallest absolute Gasteiger partial charge is 0.370 e. The molecule has 2 N–H and O–H groups in total. The van der Waals surface area contributed by atoms with E-state index in [4.69, 9.17) is 5.73 Å². The molecule has 1 unspecified atom stereocenters. The van der Waals surface area contributed by atoms with Gasteiger partial charge in [0.05, 0.1) is 6.61 Å². The number of nitrogens with two attached hydrogens (primary N) is 1. The maximum absolute atomic E-state index is 13.3. The van der Waals surface area contributed by atoms with E-state index < -0.39 is 24.6 Å². The molecule has 0 amide bonds. The molecule has 2 nitrogen and oxygen atoms in total. The molecule has 0 aliphatic heterocycles. The summed E-state index contributed by atoms with van der Waals surface area (Å²) in [6.07, 6.45) is -4.26. The van der Waals surface area contributed by atoms with Crippen LogP contribution < -0.4 is 5.73 Å². The van der Waals surface area contributed by atoms with Crippen molar-refractivity contribution in [3.05, 3.63) is 34.1 Å². The summed E-state index contributed by atoms with van der Waals surface area (Å²) in [5, 5.41) is 0. The van der Waals surface area contributed by atoms with Crippen LogP contribution in [-0.2, 0) is 11.2 Å². The fourth-order valence-electron chi connectivity index (χ4n) is 1.37. The van der Waals surface area contributed by atoms with Crippen LogP contribution in [0.2, 0.25) is 0 Å². The average molecular weight is 330 g/mol. The minimum Gasteiger partial charge on any atom is -0.370 e. The van der Waals surface area contributed by atoms with Gasteiger partial charge in [0.1, 0.15) is 12.4 Å². The maximum Gasteiger partial charge on any atom is 0.411 e. The number of halogens is 5. The van der Waals surface area contributed by atoms with Gasteiger partial charge >= 0.3 is 6.18 Å². The Morgan fingerprint density at radius 3 is 2.61 bits per heavy atom. The van der Waals surface area contributed by atoms with Crippen LogP contribution in [0.25, 0.3) is 0 Å². The van der Waals surface area contributed by atoms with Crippen LogP contribution in [0.5, 0.6) is 0 Å². The van der Waals surface area contributed by atoms with Crippen LogP contribution in [0.4, 0.5) is 17.6 Å². The second kappa shape index (κ2) is 6.49. The first-order valence-electron chi connectivity index (χ1n) is 5.12. The van der Waals surface area contributed by atoms with Crippen molar-refractivity contribution in [1.29, 1.82) is 0 Å². The Morgan fingerprint density at radius 1 is 1.33 bits per heavy atom. The van der Waals surface area contributed by atoms with E-state index in [2.05, 4.69) is 20.7 Å². The molecule has 0 saturated heterocycles. The van der Waals surface area contributed by atoms with Gasteiger partial charge in [0, 0.05) is 10.5 Å². The molecule has 0 radical (unpaired) electrons. The maximum atomic E-state index is 13.3. The lowest BCUT2D eigenvalue weighted by Crippen LogP contribution is -2.31. The van der Waals surface area contributed by atoms with Crippen molar-refractivity contribution in [2.45, 2.75) is 18.6 Å². The quantitative estimate of drug-likeness (QED) is 0.843. The van der Waals surface area contributed by atoms with Gasteiger partial charge in [0.25, 0.3) is 0 Å². The van der Waals surface area contributed by atoms with Crippen molar-refractivity contribution in [1.82, 2.24) is 0 Å². The molecular weight excluding hydrogens is 318 g/mol. The van der Waals surface area contributed by atoms with Crippen molar-refractivity contribution >= 4 is 15.9 Å². The minimum atomic E-state index is -4.37. The van der Waals surface area contributed by atoms with Gasteiger partial charge in [-0.2, -0.15) is 13.2 Å². The summed E-state index contributed by atoms with van der Waals surface area (Å²) in [7, 11) is 0. The molecule has 0 bridgehead atoms. The number of rotatable bonds is 5. The molecule has 1 aromatic rings. The van der Waals surface area contributed by atoms with Crippen LogP contribution in [0.1, 0.15) is 5.56 Å². The van der Waals surface area contributed by atoms with E-state index in [-0.39, 0.29) is 13.0 Å². The highest BCUT2D eigenvalue weighted by atomic mass is 79.9. The Hall–Kier alpha value is -0.660. The third-order valence-corrected chi connectivity index (χ3v) is 2.58. The van der Waals surface area contributed by atoms with Crippen molar-refractivity contribution < 1.29 is 22.3 Å². The third kappa shape index (κ3) is 5.79. The van der Waals surface area contributed by atoms with Gasteiger partial charge in [0.15, 0.2) is 0 Å². The molecular formula is C11H12BrF4NO. The molecule has 1 rings (SSSR count). The van der Waals surface area contributed by atoms with E-state index in [1.165, 1.54) is 12.1 Å². The molecule has 0 aliphatic carbocycles. The molecule has 0 fully saturated rings. The van der Waals surface area contributed by atoms with Crippen molar-refractivity contribution in [2.24, 2.45) is 5.73 Å². The summed E-state index contributed by atoms with van der Waals surface area (Å²) in [5.74, 6) is -0.440. The zero-order valence-electron chi connectivity index (χ0n) is 9.31. The van der Waals surface area contributed by atoms with Gasteiger partial charge in [-0.25, -0.2) is 4.39 Å². The van der Waals surface area contributed by atoms with Crippen molar-refractivity contribution in [3.8, 4) is 0 Å². The van der Waals surface area contributed by atoms with E-state index in [9.17, 15) is 17.6 Å². The van der Waals surface area contributed by atoms with Crippen LogP contribution in [0, 0.1) is 5.82 Å². The van der Waals surface area contributed by atoms with Gasteiger partial charge < -0.3 is 10.5 Å². The van der Waals surface area contributed by atoms with E-state index >= 15 is 0 Å². The molecule has 0 aromatic heterocycles. The highest BCUT2D eigenvalue weighted by Gasteiger charge is 2.27. The minimum absolute atomic E-state index is 0.114. The van der Waals surface area contributed by atoms with E-state index in [0.29, 0.717) is 10.0 Å². The van der Waals surface area contributed by atoms with E-state index in [1.54, 1.807) is 6.07 Å². The Labute approximate surface area is 110 Å². The number of alkyl halides is 3. The normalized spacial score (nSPS) is 13.7. The Kier molecular flexibility index (Phi) is 5.55. The van der Waals surface area contributed by atoms with Gasteiger partial charge in [-0.05, 0) is 30.2 Å². The first-order valence-corrected chi connectivity index (χ1v) is 5.91. The summed E-state index contributed by atoms with van der Waals surface area (Å²) in [6, 6.07) is 3.66. The number of hydrogen-bond donors (Lipinski definition) is 1. The average Bonchev–Trinajstić information content (AvgIpc) is 2.21. The summed E-state index contributed by atoms with van der Waals surface area (Å²) >= 11 is 3.18. The molecule has 1 atom stereocenters. The molecule has 0 spiro atoms. The number of benzene rings is 1. The fourth-order valence-corrected chi connectivity index (χ4v) is 1.78. The number of hydrogen-bond acceptors (Lipinski definition) is 2. The van der Waals surface area contributed by atoms with Crippen LogP contribution in [-0.4, -0.2) is 25.4 Å². The fraction of sp³-hybridized carbons (Fsp3) is 0.455. The predicted molar refractivity (Wildman–Crippen MR) is 62.7 cm³/mol. The highest BCUT2D eigenvalue weighted by molar-refractivity contribution is 9.10. The zero-order valence-corrected chi connectivity index (χ0v) is 10.9. The van der Waals surface area contributed by atoms with E-state index in [0.717, 1.165) is 0 Å².